The van der Waals surface area contributed by atoms with Crippen molar-refractivity contribution in [3.63, 3.8) is 0 Å². The van der Waals surface area contributed by atoms with Crippen LogP contribution < -0.4 is 0 Å². The molecule has 0 spiro atoms. The number of benzene rings is 4. The van der Waals surface area contributed by atoms with Crippen LogP contribution in [-0.2, 0) is 0 Å². The lowest BCUT2D eigenvalue weighted by atomic mass is 9.94. The molecule has 130 valence electrons. The van der Waals surface area contributed by atoms with Crippen molar-refractivity contribution in [3.05, 3.63) is 138 Å². The Morgan fingerprint density at radius 1 is 0.407 bits per heavy atom. The molecule has 1 aliphatic rings. The van der Waals surface area contributed by atoms with Crippen LogP contribution in [0, 0.1) is 41.7 Å². The summed E-state index contributed by atoms with van der Waals surface area (Å²) in [5, 5.41) is 10.6. The zero-order valence-corrected chi connectivity index (χ0v) is 15.7. The highest BCUT2D eigenvalue weighted by Crippen LogP contribution is 2.20. The summed E-state index contributed by atoms with van der Waals surface area (Å²) in [4.78, 5) is 0. The van der Waals surface area contributed by atoms with Gasteiger partial charge in [-0.1, -0.05) is 105 Å². The van der Waals surface area contributed by atoms with Crippen molar-refractivity contribution in [2.45, 2.75) is 19.8 Å². The molecule has 0 heterocycles. The zero-order chi connectivity index (χ0) is 18.4. The van der Waals surface area contributed by atoms with Gasteiger partial charge in [-0.3, -0.25) is 0 Å². The standard InChI is InChI=1S/C27H22/c1-18(2)19-16-9-17-26-24-13-6-5-12-22(24)20-10-3-4-11-21(20)23-14-7-8-15-25(23)27(19)26/h3-18H,1-2H3/b22-20-,23-21-,26-24-,27-25-. The van der Waals surface area contributed by atoms with Crippen molar-refractivity contribution in [1.82, 2.24) is 0 Å². The third-order valence-corrected chi connectivity index (χ3v) is 5.64. The van der Waals surface area contributed by atoms with Gasteiger partial charge in [0.2, 0.25) is 0 Å². The lowest BCUT2D eigenvalue weighted by molar-refractivity contribution is 0.856. The fourth-order valence-electron chi connectivity index (χ4n) is 4.42. The molecule has 0 aliphatic heterocycles. The Bertz CT molecular complexity index is 1540. The lowest BCUT2D eigenvalue weighted by Gasteiger charge is -2.10. The third-order valence-electron chi connectivity index (χ3n) is 5.64. The van der Waals surface area contributed by atoms with Gasteiger partial charge < -0.3 is 0 Å². The van der Waals surface area contributed by atoms with Gasteiger partial charge >= 0.3 is 0 Å². The number of fused-ring (bicyclic) bond motifs is 4. The van der Waals surface area contributed by atoms with Crippen molar-refractivity contribution in [3.8, 4) is 0 Å². The maximum Gasteiger partial charge on any atom is -0.00642 e. The molecule has 0 aromatic heterocycles. The molecule has 0 fully saturated rings. The molecule has 0 heteroatoms. The highest BCUT2D eigenvalue weighted by Gasteiger charge is 2.06. The second kappa shape index (κ2) is 6.25. The maximum atomic E-state index is 2.29. The quantitative estimate of drug-likeness (QED) is 0.335. The first-order chi connectivity index (χ1) is 13.3. The molecule has 4 aromatic rings. The predicted octanol–water partition coefficient (Wildman–Crippen LogP) is 6.27. The molecular weight excluding hydrogens is 324 g/mol. The van der Waals surface area contributed by atoms with E-state index >= 15 is 0 Å². The predicted molar refractivity (Wildman–Crippen MR) is 111 cm³/mol. The highest BCUT2D eigenvalue weighted by molar-refractivity contribution is 5.33. The van der Waals surface area contributed by atoms with Crippen LogP contribution in [0.3, 0.4) is 0 Å². The molecule has 5 rings (SSSR count). The molecule has 1 aliphatic carbocycles. The second-order valence-electron chi connectivity index (χ2n) is 7.56. The van der Waals surface area contributed by atoms with Crippen molar-refractivity contribution < 1.29 is 0 Å². The Morgan fingerprint density at radius 2 is 0.778 bits per heavy atom. The van der Waals surface area contributed by atoms with Crippen LogP contribution in [0.1, 0.15) is 25.3 Å². The van der Waals surface area contributed by atoms with E-state index < -0.39 is 0 Å². The van der Waals surface area contributed by atoms with E-state index in [1.54, 1.807) is 0 Å². The Morgan fingerprint density at radius 3 is 1.26 bits per heavy atom. The van der Waals surface area contributed by atoms with E-state index in [0.717, 1.165) is 0 Å². The molecule has 0 bridgehead atoms. The molecular formula is C27H22. The van der Waals surface area contributed by atoms with Crippen LogP contribution in [0.25, 0.3) is 0 Å². The van der Waals surface area contributed by atoms with E-state index in [2.05, 4.69) is 105 Å². The van der Waals surface area contributed by atoms with Crippen molar-refractivity contribution in [1.29, 1.82) is 0 Å². The first-order valence-electron chi connectivity index (χ1n) is 9.67. The van der Waals surface area contributed by atoms with Gasteiger partial charge in [0.15, 0.2) is 0 Å². The summed E-state index contributed by atoms with van der Waals surface area (Å²) >= 11 is 0. The molecule has 0 nitrogen and oxygen atoms in total. The van der Waals surface area contributed by atoms with E-state index in [0.29, 0.717) is 5.92 Å². The Kier molecular flexibility index (Phi) is 3.72. The van der Waals surface area contributed by atoms with Gasteiger partial charge in [0, 0.05) is 0 Å². The van der Waals surface area contributed by atoms with Gasteiger partial charge in [0.1, 0.15) is 0 Å². The van der Waals surface area contributed by atoms with Gasteiger partial charge in [-0.15, -0.1) is 0 Å². The van der Waals surface area contributed by atoms with Gasteiger partial charge in [-0.25, -0.2) is 0 Å². The number of hydrogen-bond donors (Lipinski definition) is 0. The monoisotopic (exact) mass is 346 g/mol. The van der Waals surface area contributed by atoms with Gasteiger partial charge in [-0.2, -0.15) is 0 Å². The zero-order valence-electron chi connectivity index (χ0n) is 15.7. The van der Waals surface area contributed by atoms with Crippen LogP contribution in [0.15, 0.2) is 91.0 Å². The molecule has 0 saturated heterocycles. The molecule has 4 aromatic carbocycles. The lowest BCUT2D eigenvalue weighted by Crippen LogP contribution is -1.95. The summed E-state index contributed by atoms with van der Waals surface area (Å²) in [6, 6.07) is 33.3. The van der Waals surface area contributed by atoms with Crippen LogP contribution in [0.5, 0.6) is 0 Å². The van der Waals surface area contributed by atoms with Gasteiger partial charge in [-0.05, 0) is 53.2 Å². The van der Waals surface area contributed by atoms with E-state index in [4.69, 9.17) is 0 Å². The van der Waals surface area contributed by atoms with Crippen molar-refractivity contribution >= 4 is 0 Å². The van der Waals surface area contributed by atoms with E-state index in [1.807, 2.05) is 0 Å². The minimum atomic E-state index is 0.467. The summed E-state index contributed by atoms with van der Waals surface area (Å²) in [6.45, 7) is 4.58. The Balaban J connectivity index is 2.43. The molecule has 0 saturated carbocycles. The second-order valence-corrected chi connectivity index (χ2v) is 7.56. The van der Waals surface area contributed by atoms with Crippen molar-refractivity contribution in [2.75, 3.05) is 0 Å². The van der Waals surface area contributed by atoms with E-state index in [-0.39, 0.29) is 0 Å². The molecule has 0 radical (unpaired) electrons. The average molecular weight is 346 g/mol. The summed E-state index contributed by atoms with van der Waals surface area (Å²) < 4.78 is 0. The Labute approximate surface area is 158 Å². The van der Waals surface area contributed by atoms with Crippen LogP contribution in [0.2, 0.25) is 0 Å². The molecule has 0 amide bonds. The normalized spacial score (nSPS) is 17.0. The van der Waals surface area contributed by atoms with Crippen LogP contribution in [-0.4, -0.2) is 0 Å². The minimum Gasteiger partial charge on any atom is -0.0616 e. The fraction of sp³-hybridized carbons (Fsp3) is 0.111. The molecule has 0 unspecified atom stereocenters. The largest absolute Gasteiger partial charge is 0.0616 e. The SMILES string of the molecule is CC(C)c1cccc2/c1=c1/cccc/c1=c1\cccc\c1=c1/cccc/c1=2. The first kappa shape index (κ1) is 16.1. The van der Waals surface area contributed by atoms with Gasteiger partial charge in [0.05, 0.1) is 0 Å². The third kappa shape index (κ3) is 2.44. The summed E-state index contributed by atoms with van der Waals surface area (Å²) in [6.07, 6.45) is 0. The minimum absolute atomic E-state index is 0.467. The fourth-order valence-corrected chi connectivity index (χ4v) is 4.42. The summed E-state index contributed by atoms with van der Waals surface area (Å²) in [5.41, 5.74) is 1.41. The van der Waals surface area contributed by atoms with E-state index in [1.165, 1.54) is 47.3 Å². The average Bonchev–Trinajstić information content (AvgIpc) is 2.72. The molecule has 0 atom stereocenters. The van der Waals surface area contributed by atoms with E-state index in [9.17, 15) is 0 Å². The number of hydrogen-bond acceptors (Lipinski definition) is 0. The maximum absolute atomic E-state index is 2.29. The summed E-state index contributed by atoms with van der Waals surface area (Å²) in [5.74, 6) is 0.467. The van der Waals surface area contributed by atoms with Crippen molar-refractivity contribution in [2.24, 2.45) is 0 Å². The van der Waals surface area contributed by atoms with Crippen LogP contribution in [0.4, 0.5) is 0 Å². The smallest absolute Gasteiger partial charge is 0.00642 e. The Hall–Kier alpha value is -3.12. The topological polar surface area (TPSA) is 0 Å². The number of rotatable bonds is 1. The van der Waals surface area contributed by atoms with Gasteiger partial charge in [0.25, 0.3) is 0 Å². The molecule has 0 N–H and O–H groups in total. The molecule has 27 heavy (non-hydrogen) atoms. The van der Waals surface area contributed by atoms with Crippen LogP contribution >= 0.6 is 0 Å². The summed E-state index contributed by atoms with van der Waals surface area (Å²) in [7, 11) is 0. The highest BCUT2D eigenvalue weighted by atomic mass is 14.1. The first-order valence-corrected chi connectivity index (χ1v) is 9.67.